The molecule has 144 valence electrons. The molecule has 2 aromatic rings. The van der Waals surface area contributed by atoms with E-state index in [0.29, 0.717) is 16.9 Å². The minimum atomic E-state index is -0.600. The number of hydrogen-bond acceptors (Lipinski definition) is 6. The number of nitrogens with zero attached hydrogens (tertiary/aromatic N) is 1. The number of ether oxygens (including phenoxy) is 1. The van der Waals surface area contributed by atoms with Crippen LogP contribution in [-0.4, -0.2) is 35.9 Å². The molecule has 0 spiro atoms. The van der Waals surface area contributed by atoms with Gasteiger partial charge in [0.25, 0.3) is 5.91 Å². The maximum absolute atomic E-state index is 11.9. The van der Waals surface area contributed by atoms with Gasteiger partial charge in [-0.1, -0.05) is 24.3 Å². The van der Waals surface area contributed by atoms with Crippen molar-refractivity contribution in [1.82, 2.24) is 0 Å². The van der Waals surface area contributed by atoms with E-state index in [1.54, 1.807) is 30.3 Å². The Bertz CT molecular complexity index is 908. The molecule has 0 atom stereocenters. The van der Waals surface area contributed by atoms with Gasteiger partial charge in [-0.25, -0.2) is 0 Å². The van der Waals surface area contributed by atoms with Crippen LogP contribution in [0.2, 0.25) is 0 Å². The van der Waals surface area contributed by atoms with Gasteiger partial charge in [0.05, 0.1) is 22.8 Å². The van der Waals surface area contributed by atoms with Gasteiger partial charge in [0.2, 0.25) is 5.91 Å². The van der Waals surface area contributed by atoms with Crippen molar-refractivity contribution in [3.05, 3.63) is 59.7 Å². The first-order valence-corrected chi connectivity index (χ1v) is 9.52. The minimum Gasteiger partial charge on any atom is -0.455 e. The standard InChI is InChI=1S/C20H19N3O4S/c1-14-5-4-7-16(9-14)22-19(25)12-28-13-20(26)27-11-18(24)23-17-8-3-2-6-15(17)10-21/h2-9H,11-13H2,1H3,(H,22,25)(H,23,24). The van der Waals surface area contributed by atoms with Crippen molar-refractivity contribution in [1.29, 1.82) is 5.26 Å². The number of benzene rings is 2. The van der Waals surface area contributed by atoms with Crippen LogP contribution >= 0.6 is 11.8 Å². The number of thioether (sulfide) groups is 1. The fourth-order valence-corrected chi connectivity index (χ4v) is 2.82. The molecule has 28 heavy (non-hydrogen) atoms. The summed E-state index contributed by atoms with van der Waals surface area (Å²) in [5, 5.41) is 14.2. The molecule has 2 aromatic carbocycles. The molecule has 8 heteroatoms. The van der Waals surface area contributed by atoms with Crippen LogP contribution in [0.5, 0.6) is 0 Å². The van der Waals surface area contributed by atoms with Gasteiger partial charge in [-0.2, -0.15) is 5.26 Å². The fourth-order valence-electron chi connectivity index (χ4n) is 2.21. The van der Waals surface area contributed by atoms with E-state index in [0.717, 1.165) is 17.3 Å². The zero-order chi connectivity index (χ0) is 20.4. The molecular weight excluding hydrogens is 378 g/mol. The summed E-state index contributed by atoms with van der Waals surface area (Å²) in [5.74, 6) is -1.33. The highest BCUT2D eigenvalue weighted by Gasteiger charge is 2.11. The van der Waals surface area contributed by atoms with E-state index >= 15 is 0 Å². The van der Waals surface area contributed by atoms with Crippen LogP contribution in [0.15, 0.2) is 48.5 Å². The highest BCUT2D eigenvalue weighted by atomic mass is 32.2. The molecular formula is C20H19N3O4S. The molecule has 2 rings (SSSR count). The van der Waals surface area contributed by atoms with Gasteiger partial charge >= 0.3 is 5.97 Å². The van der Waals surface area contributed by atoms with Crippen molar-refractivity contribution in [2.45, 2.75) is 6.92 Å². The number of carbonyl (C=O) groups is 3. The Kier molecular flexibility index (Phi) is 8.06. The molecule has 2 amide bonds. The van der Waals surface area contributed by atoms with Crippen molar-refractivity contribution in [3.63, 3.8) is 0 Å². The van der Waals surface area contributed by atoms with Gasteiger partial charge in [0.15, 0.2) is 6.61 Å². The predicted molar refractivity (Wildman–Crippen MR) is 108 cm³/mol. The largest absolute Gasteiger partial charge is 0.455 e. The molecule has 0 radical (unpaired) electrons. The summed E-state index contributed by atoms with van der Waals surface area (Å²) in [6.07, 6.45) is 0. The van der Waals surface area contributed by atoms with Crippen molar-refractivity contribution >= 4 is 40.9 Å². The zero-order valence-corrected chi connectivity index (χ0v) is 16.0. The summed E-state index contributed by atoms with van der Waals surface area (Å²) in [7, 11) is 0. The first-order valence-electron chi connectivity index (χ1n) is 8.37. The Hall–Kier alpha value is -3.31. The van der Waals surface area contributed by atoms with E-state index in [1.165, 1.54) is 0 Å². The highest BCUT2D eigenvalue weighted by Crippen LogP contribution is 2.13. The quantitative estimate of drug-likeness (QED) is 0.663. The van der Waals surface area contributed by atoms with Crippen LogP contribution in [0, 0.1) is 18.3 Å². The van der Waals surface area contributed by atoms with Gasteiger partial charge in [0, 0.05) is 5.69 Å². The summed E-state index contributed by atoms with van der Waals surface area (Å²) in [6, 6.07) is 15.9. The second-order valence-corrected chi connectivity index (χ2v) is 6.76. The smallest absolute Gasteiger partial charge is 0.316 e. The molecule has 0 heterocycles. The van der Waals surface area contributed by atoms with Crippen molar-refractivity contribution in [3.8, 4) is 6.07 Å². The van der Waals surface area contributed by atoms with E-state index in [-0.39, 0.29) is 17.4 Å². The summed E-state index contributed by atoms with van der Waals surface area (Å²) in [6.45, 7) is 1.46. The fraction of sp³-hybridized carbons (Fsp3) is 0.200. The summed E-state index contributed by atoms with van der Waals surface area (Å²) < 4.78 is 4.88. The van der Waals surface area contributed by atoms with Crippen LogP contribution in [0.4, 0.5) is 11.4 Å². The molecule has 0 aliphatic heterocycles. The van der Waals surface area contributed by atoms with Crippen LogP contribution in [0.1, 0.15) is 11.1 Å². The van der Waals surface area contributed by atoms with E-state index in [1.807, 2.05) is 31.2 Å². The van der Waals surface area contributed by atoms with Gasteiger partial charge < -0.3 is 15.4 Å². The van der Waals surface area contributed by atoms with E-state index in [2.05, 4.69) is 10.6 Å². The van der Waals surface area contributed by atoms with Crippen LogP contribution in [0.3, 0.4) is 0 Å². The molecule has 0 aliphatic carbocycles. The lowest BCUT2D eigenvalue weighted by Crippen LogP contribution is -2.22. The van der Waals surface area contributed by atoms with Crippen LogP contribution in [0.25, 0.3) is 0 Å². The average Bonchev–Trinajstić information content (AvgIpc) is 2.67. The van der Waals surface area contributed by atoms with Crippen molar-refractivity contribution in [2.75, 3.05) is 28.7 Å². The Morgan fingerprint density at radius 2 is 1.82 bits per heavy atom. The third kappa shape index (κ3) is 7.13. The van der Waals surface area contributed by atoms with Crippen LogP contribution < -0.4 is 10.6 Å². The number of para-hydroxylation sites is 1. The topological polar surface area (TPSA) is 108 Å². The lowest BCUT2D eigenvalue weighted by Gasteiger charge is -2.08. The number of rotatable bonds is 8. The molecule has 0 saturated carbocycles. The SMILES string of the molecule is Cc1cccc(NC(=O)CSCC(=O)OCC(=O)Nc2ccccc2C#N)c1. The zero-order valence-electron chi connectivity index (χ0n) is 15.2. The maximum atomic E-state index is 11.9. The molecule has 0 aliphatic rings. The number of anilines is 2. The van der Waals surface area contributed by atoms with Gasteiger partial charge in [-0.15, -0.1) is 11.8 Å². The summed E-state index contributed by atoms with van der Waals surface area (Å²) in [5.41, 5.74) is 2.40. The average molecular weight is 397 g/mol. The number of aryl methyl sites for hydroxylation is 1. The lowest BCUT2D eigenvalue weighted by molar-refractivity contribution is -0.144. The maximum Gasteiger partial charge on any atom is 0.316 e. The molecule has 0 bridgehead atoms. The summed E-state index contributed by atoms with van der Waals surface area (Å²) >= 11 is 1.09. The van der Waals surface area contributed by atoms with Gasteiger partial charge in [-0.05, 0) is 36.8 Å². The van der Waals surface area contributed by atoms with Gasteiger partial charge in [0.1, 0.15) is 6.07 Å². The Morgan fingerprint density at radius 1 is 1.04 bits per heavy atom. The number of nitrogens with one attached hydrogen (secondary N) is 2. The Labute approximate surface area is 167 Å². The first-order chi connectivity index (χ1) is 13.5. The first kappa shape index (κ1) is 21.0. The van der Waals surface area contributed by atoms with Crippen molar-refractivity contribution in [2.24, 2.45) is 0 Å². The predicted octanol–water partition coefficient (Wildman–Crippen LogP) is 2.72. The number of hydrogen-bond donors (Lipinski definition) is 2. The van der Waals surface area contributed by atoms with Gasteiger partial charge in [-0.3, -0.25) is 14.4 Å². The third-order valence-electron chi connectivity index (χ3n) is 3.44. The lowest BCUT2D eigenvalue weighted by atomic mass is 10.2. The monoisotopic (exact) mass is 397 g/mol. The molecule has 7 nitrogen and oxygen atoms in total. The number of carbonyl (C=O) groups excluding carboxylic acids is 3. The highest BCUT2D eigenvalue weighted by molar-refractivity contribution is 8.00. The minimum absolute atomic E-state index is 0.0523. The van der Waals surface area contributed by atoms with E-state index in [9.17, 15) is 14.4 Å². The number of amides is 2. The number of nitriles is 1. The molecule has 0 saturated heterocycles. The normalized spacial score (nSPS) is 9.86. The Balaban J connectivity index is 1.66. The molecule has 2 N–H and O–H groups in total. The van der Waals surface area contributed by atoms with Crippen LogP contribution in [-0.2, 0) is 19.1 Å². The summed E-state index contributed by atoms with van der Waals surface area (Å²) in [4.78, 5) is 35.4. The van der Waals surface area contributed by atoms with E-state index in [4.69, 9.17) is 10.00 Å². The Morgan fingerprint density at radius 3 is 2.57 bits per heavy atom. The molecule has 0 aromatic heterocycles. The molecule has 0 unspecified atom stereocenters. The van der Waals surface area contributed by atoms with Crippen molar-refractivity contribution < 1.29 is 19.1 Å². The number of esters is 1. The third-order valence-corrected chi connectivity index (χ3v) is 4.35. The second kappa shape index (κ2) is 10.7. The van der Waals surface area contributed by atoms with E-state index < -0.39 is 18.5 Å². The molecule has 0 fully saturated rings. The second-order valence-electron chi connectivity index (χ2n) is 5.78.